The third-order valence-electron chi connectivity index (χ3n) is 4.71. The summed E-state index contributed by atoms with van der Waals surface area (Å²) in [5.41, 5.74) is 1.00. The Morgan fingerprint density at radius 3 is 2.50 bits per heavy atom. The number of hydrogen-bond acceptors (Lipinski definition) is 1. The second-order valence-corrected chi connectivity index (χ2v) is 7.54. The van der Waals surface area contributed by atoms with E-state index in [1.807, 2.05) is 0 Å². The van der Waals surface area contributed by atoms with Gasteiger partial charge in [0.15, 0.2) is 0 Å². The van der Waals surface area contributed by atoms with E-state index < -0.39 is 0 Å². The molecule has 2 aliphatic carbocycles. The van der Waals surface area contributed by atoms with Crippen LogP contribution in [0.15, 0.2) is 0 Å². The summed E-state index contributed by atoms with van der Waals surface area (Å²) in [5, 5.41) is 0. The third kappa shape index (κ3) is 1.79. The predicted octanol–water partition coefficient (Wildman–Crippen LogP) is 3.17. The molecule has 2 nitrogen and oxygen atoms in total. The highest BCUT2D eigenvalue weighted by atomic mass is 31.1. The van der Waals surface area contributed by atoms with Gasteiger partial charge in [0.1, 0.15) is 0 Å². The number of carbonyl (C=O) groups excluding carboxylic acids is 1. The molecule has 0 radical (unpaired) electrons. The lowest BCUT2D eigenvalue weighted by atomic mass is 9.66. The minimum absolute atomic E-state index is 0.119. The van der Waals surface area contributed by atoms with Gasteiger partial charge in [0.05, 0.1) is 5.41 Å². The maximum Gasteiger partial charge on any atom is 0.233 e. The second kappa shape index (κ2) is 3.98. The van der Waals surface area contributed by atoms with Crippen LogP contribution >= 0.6 is 8.73 Å². The minimum atomic E-state index is 0.119. The predicted molar refractivity (Wildman–Crippen MR) is 67.7 cm³/mol. The SMILES string of the molecule is CCC1CCC2(CC1)CN(PC1CC1)C2=O. The van der Waals surface area contributed by atoms with Crippen LogP contribution in [0.4, 0.5) is 0 Å². The first-order chi connectivity index (χ1) is 7.73. The first-order valence-corrected chi connectivity index (χ1v) is 7.84. The molecule has 1 heterocycles. The van der Waals surface area contributed by atoms with E-state index in [2.05, 4.69) is 11.6 Å². The van der Waals surface area contributed by atoms with Crippen molar-refractivity contribution >= 4 is 14.6 Å². The zero-order chi connectivity index (χ0) is 11.2. The van der Waals surface area contributed by atoms with Crippen LogP contribution < -0.4 is 0 Å². The maximum absolute atomic E-state index is 12.2. The van der Waals surface area contributed by atoms with Gasteiger partial charge in [0, 0.05) is 6.54 Å². The summed E-state index contributed by atoms with van der Waals surface area (Å²) in [6, 6.07) is 0. The van der Waals surface area contributed by atoms with Crippen molar-refractivity contribution < 1.29 is 4.79 Å². The standard InChI is InChI=1S/C13H22NOP/c1-2-10-5-7-13(8-6-10)9-14(12(13)15)16-11-3-4-11/h10-11,16H,2-9H2,1H3. The topological polar surface area (TPSA) is 20.3 Å². The molecule has 1 spiro atoms. The fourth-order valence-corrected chi connectivity index (χ4v) is 4.80. The van der Waals surface area contributed by atoms with Crippen molar-refractivity contribution in [1.29, 1.82) is 0 Å². The molecule has 1 amide bonds. The zero-order valence-corrected chi connectivity index (χ0v) is 11.2. The highest BCUT2D eigenvalue weighted by Crippen LogP contribution is 2.54. The quantitative estimate of drug-likeness (QED) is 0.547. The molecule has 0 N–H and O–H groups in total. The smallest absolute Gasteiger partial charge is 0.233 e. The molecule has 0 aromatic carbocycles. The van der Waals surface area contributed by atoms with Crippen LogP contribution in [-0.4, -0.2) is 22.8 Å². The first kappa shape index (κ1) is 11.0. The average molecular weight is 239 g/mol. The molecule has 3 heteroatoms. The Morgan fingerprint density at radius 1 is 1.31 bits per heavy atom. The summed E-state index contributed by atoms with van der Waals surface area (Å²) >= 11 is 0. The Morgan fingerprint density at radius 2 is 2.00 bits per heavy atom. The van der Waals surface area contributed by atoms with Crippen LogP contribution in [0.2, 0.25) is 0 Å². The fourth-order valence-electron chi connectivity index (χ4n) is 3.18. The normalized spacial score (nSPS) is 39.7. The molecular weight excluding hydrogens is 217 g/mol. The molecule has 3 rings (SSSR count). The van der Waals surface area contributed by atoms with Gasteiger partial charge in [-0.1, -0.05) is 13.3 Å². The largest absolute Gasteiger partial charge is 0.323 e. The van der Waals surface area contributed by atoms with Crippen molar-refractivity contribution in [2.45, 2.75) is 57.5 Å². The molecular formula is C13H22NOP. The molecule has 90 valence electrons. The van der Waals surface area contributed by atoms with Crippen molar-refractivity contribution in [2.24, 2.45) is 11.3 Å². The highest BCUT2D eigenvalue weighted by molar-refractivity contribution is 7.37. The van der Waals surface area contributed by atoms with Crippen molar-refractivity contribution in [2.75, 3.05) is 6.54 Å². The van der Waals surface area contributed by atoms with E-state index in [0.29, 0.717) is 5.91 Å². The number of amides is 1. The Bertz CT molecular complexity index is 292. The van der Waals surface area contributed by atoms with Gasteiger partial charge in [0.25, 0.3) is 0 Å². The van der Waals surface area contributed by atoms with E-state index in [9.17, 15) is 4.79 Å². The molecule has 0 bridgehead atoms. The summed E-state index contributed by atoms with van der Waals surface area (Å²) in [7, 11) is 0.817. The fraction of sp³-hybridized carbons (Fsp3) is 0.923. The van der Waals surface area contributed by atoms with Crippen LogP contribution in [0.1, 0.15) is 51.9 Å². The molecule has 1 unspecified atom stereocenters. The average Bonchev–Trinajstić information content (AvgIpc) is 3.13. The van der Waals surface area contributed by atoms with E-state index in [4.69, 9.17) is 0 Å². The zero-order valence-electron chi connectivity index (χ0n) is 10.2. The lowest BCUT2D eigenvalue weighted by molar-refractivity contribution is -0.154. The van der Waals surface area contributed by atoms with E-state index in [-0.39, 0.29) is 5.41 Å². The van der Waals surface area contributed by atoms with Crippen molar-refractivity contribution in [3.05, 3.63) is 0 Å². The Balaban J connectivity index is 1.54. The summed E-state index contributed by atoms with van der Waals surface area (Å²) in [4.78, 5) is 12.2. The van der Waals surface area contributed by atoms with Gasteiger partial charge in [-0.05, 0) is 58.8 Å². The highest BCUT2D eigenvalue weighted by Gasteiger charge is 2.53. The Labute approximate surface area is 100.0 Å². The molecule has 2 saturated carbocycles. The van der Waals surface area contributed by atoms with Gasteiger partial charge in [-0.3, -0.25) is 4.79 Å². The van der Waals surface area contributed by atoms with Gasteiger partial charge >= 0.3 is 0 Å². The summed E-state index contributed by atoms with van der Waals surface area (Å²) in [6.07, 6.45) is 8.98. The van der Waals surface area contributed by atoms with Crippen LogP contribution in [-0.2, 0) is 4.79 Å². The lowest BCUT2D eigenvalue weighted by Crippen LogP contribution is -2.59. The summed E-state index contributed by atoms with van der Waals surface area (Å²) in [6.45, 7) is 3.38. The van der Waals surface area contributed by atoms with Crippen LogP contribution in [0.3, 0.4) is 0 Å². The molecule has 16 heavy (non-hydrogen) atoms. The van der Waals surface area contributed by atoms with Crippen molar-refractivity contribution in [3.8, 4) is 0 Å². The second-order valence-electron chi connectivity index (χ2n) is 5.93. The minimum Gasteiger partial charge on any atom is -0.323 e. The Kier molecular flexibility index (Phi) is 2.74. The number of β-lactam (4-membered cyclic amide) rings is 1. The van der Waals surface area contributed by atoms with Crippen LogP contribution in [0.25, 0.3) is 0 Å². The molecule has 1 saturated heterocycles. The first-order valence-electron chi connectivity index (χ1n) is 6.82. The van der Waals surface area contributed by atoms with Crippen LogP contribution in [0, 0.1) is 11.3 Å². The lowest BCUT2D eigenvalue weighted by Gasteiger charge is -2.52. The maximum atomic E-state index is 12.2. The summed E-state index contributed by atoms with van der Waals surface area (Å²) < 4.78 is 2.16. The third-order valence-corrected chi connectivity index (χ3v) is 6.33. The summed E-state index contributed by atoms with van der Waals surface area (Å²) in [5.74, 6) is 1.41. The monoisotopic (exact) mass is 239 g/mol. The van der Waals surface area contributed by atoms with E-state index in [1.54, 1.807) is 0 Å². The van der Waals surface area contributed by atoms with Crippen LogP contribution in [0.5, 0.6) is 0 Å². The Hall–Kier alpha value is -0.100. The van der Waals surface area contributed by atoms with Gasteiger partial charge < -0.3 is 4.67 Å². The van der Waals surface area contributed by atoms with Gasteiger partial charge in [-0.15, -0.1) is 0 Å². The van der Waals surface area contributed by atoms with Crippen molar-refractivity contribution in [3.63, 3.8) is 0 Å². The molecule has 0 aromatic heterocycles. The number of rotatable bonds is 3. The van der Waals surface area contributed by atoms with Gasteiger partial charge in [-0.2, -0.15) is 0 Å². The van der Waals surface area contributed by atoms with Gasteiger partial charge in [-0.25, -0.2) is 0 Å². The molecule has 3 aliphatic rings. The number of nitrogens with zero attached hydrogens (tertiary/aromatic N) is 1. The van der Waals surface area contributed by atoms with E-state index >= 15 is 0 Å². The van der Waals surface area contributed by atoms with E-state index in [0.717, 1.165) is 26.9 Å². The molecule has 1 atom stereocenters. The number of hydrogen-bond donors (Lipinski definition) is 0. The van der Waals surface area contributed by atoms with E-state index in [1.165, 1.54) is 44.9 Å². The van der Waals surface area contributed by atoms with Gasteiger partial charge in [0.2, 0.25) is 5.91 Å². The molecule has 1 aliphatic heterocycles. The van der Waals surface area contributed by atoms with Crippen molar-refractivity contribution in [1.82, 2.24) is 4.67 Å². The molecule has 3 fully saturated rings. The molecule has 0 aromatic rings. The number of carbonyl (C=O) groups is 1.